The Kier molecular flexibility index (Phi) is 5.52. The van der Waals surface area contributed by atoms with E-state index in [1.807, 2.05) is 0 Å². The van der Waals surface area contributed by atoms with Gasteiger partial charge in [0.2, 0.25) is 11.8 Å². The Morgan fingerprint density at radius 2 is 1.80 bits per heavy atom. The molecule has 2 aliphatic rings. The monoisotopic (exact) mass is 364 g/mol. The predicted molar refractivity (Wildman–Crippen MR) is 97.9 cm³/mol. The Bertz CT molecular complexity index is 650. The summed E-state index contributed by atoms with van der Waals surface area (Å²) in [4.78, 5) is 25.4. The molecule has 0 aliphatic heterocycles. The van der Waals surface area contributed by atoms with Crippen molar-refractivity contribution in [3.8, 4) is 5.75 Å². The minimum Gasteiger partial charge on any atom is -0.495 e. The molecule has 136 valence electrons. The van der Waals surface area contributed by atoms with Crippen molar-refractivity contribution in [2.45, 2.75) is 57.4 Å². The van der Waals surface area contributed by atoms with E-state index in [1.54, 1.807) is 18.2 Å². The van der Waals surface area contributed by atoms with Crippen LogP contribution in [0.5, 0.6) is 5.75 Å². The highest BCUT2D eigenvalue weighted by atomic mass is 35.5. The summed E-state index contributed by atoms with van der Waals surface area (Å²) in [7, 11) is 1.54. The van der Waals surface area contributed by atoms with Gasteiger partial charge in [-0.15, -0.1) is 0 Å². The molecule has 1 aromatic rings. The molecule has 0 unspecified atom stereocenters. The topological polar surface area (TPSA) is 67.4 Å². The van der Waals surface area contributed by atoms with Gasteiger partial charge in [0.25, 0.3) is 0 Å². The molecule has 0 spiro atoms. The third-order valence-electron chi connectivity index (χ3n) is 5.22. The summed E-state index contributed by atoms with van der Waals surface area (Å²) in [5.41, 5.74) is -0.344. The Morgan fingerprint density at radius 1 is 1.12 bits per heavy atom. The first-order chi connectivity index (χ1) is 12.0. The summed E-state index contributed by atoms with van der Waals surface area (Å²) < 4.78 is 5.11. The Hall–Kier alpha value is -1.75. The van der Waals surface area contributed by atoms with Gasteiger partial charge in [-0.1, -0.05) is 37.3 Å². The Morgan fingerprint density at radius 3 is 2.36 bits per heavy atom. The van der Waals surface area contributed by atoms with Crippen LogP contribution in [-0.2, 0) is 9.59 Å². The highest BCUT2D eigenvalue weighted by molar-refractivity contribution is 6.32. The van der Waals surface area contributed by atoms with E-state index >= 15 is 0 Å². The van der Waals surface area contributed by atoms with E-state index in [-0.39, 0.29) is 17.9 Å². The van der Waals surface area contributed by atoms with Crippen molar-refractivity contribution in [1.29, 1.82) is 0 Å². The first kappa shape index (κ1) is 18.1. The van der Waals surface area contributed by atoms with Crippen LogP contribution in [0.25, 0.3) is 0 Å². The van der Waals surface area contributed by atoms with Crippen molar-refractivity contribution < 1.29 is 14.3 Å². The molecule has 25 heavy (non-hydrogen) atoms. The molecule has 0 radical (unpaired) electrons. The number of amides is 2. The fourth-order valence-electron chi connectivity index (χ4n) is 3.42. The number of hydrogen-bond acceptors (Lipinski definition) is 3. The number of hydrogen-bond donors (Lipinski definition) is 2. The van der Waals surface area contributed by atoms with Crippen LogP contribution in [0.3, 0.4) is 0 Å². The molecule has 0 bridgehead atoms. The summed E-state index contributed by atoms with van der Waals surface area (Å²) in [6.45, 7) is 0. The summed E-state index contributed by atoms with van der Waals surface area (Å²) in [5, 5.41) is 6.36. The predicted octanol–water partition coefficient (Wildman–Crippen LogP) is 3.91. The van der Waals surface area contributed by atoms with Crippen LogP contribution < -0.4 is 15.4 Å². The minimum atomic E-state index is -0.918. The van der Waals surface area contributed by atoms with Gasteiger partial charge in [-0.05, 0) is 43.9 Å². The average Bonchev–Trinajstić information content (AvgIpc) is 3.41. The summed E-state index contributed by atoms with van der Waals surface area (Å²) >= 11 is 6.09. The number of rotatable bonds is 5. The lowest BCUT2D eigenvalue weighted by molar-refractivity contribution is -0.134. The van der Waals surface area contributed by atoms with Crippen LogP contribution in [-0.4, -0.2) is 25.0 Å². The zero-order valence-corrected chi connectivity index (χ0v) is 15.3. The van der Waals surface area contributed by atoms with Crippen LogP contribution in [0, 0.1) is 5.41 Å². The molecule has 5 nitrogen and oxygen atoms in total. The second-order valence-electron chi connectivity index (χ2n) is 7.05. The molecule has 0 heterocycles. The zero-order valence-electron chi connectivity index (χ0n) is 14.6. The van der Waals surface area contributed by atoms with E-state index in [9.17, 15) is 9.59 Å². The van der Waals surface area contributed by atoms with Crippen LogP contribution in [0.15, 0.2) is 18.2 Å². The second kappa shape index (κ2) is 7.65. The Balaban J connectivity index is 1.62. The maximum absolute atomic E-state index is 12.7. The van der Waals surface area contributed by atoms with Crippen molar-refractivity contribution >= 4 is 29.1 Å². The summed E-state index contributed by atoms with van der Waals surface area (Å²) in [6.07, 6.45) is 7.98. The fourth-order valence-corrected chi connectivity index (χ4v) is 3.68. The van der Waals surface area contributed by atoms with Crippen molar-refractivity contribution in [3.05, 3.63) is 23.2 Å². The number of methoxy groups -OCH3 is 1. The molecular formula is C19H25ClN2O3. The molecule has 0 atom stereocenters. The van der Waals surface area contributed by atoms with Crippen LogP contribution in [0.4, 0.5) is 5.69 Å². The van der Waals surface area contributed by atoms with Crippen LogP contribution >= 0.6 is 11.6 Å². The lowest BCUT2D eigenvalue weighted by Crippen LogP contribution is -2.44. The quantitative estimate of drug-likeness (QED) is 0.615. The summed E-state index contributed by atoms with van der Waals surface area (Å²) in [5.74, 6) is 0.170. The maximum atomic E-state index is 12.7. The molecule has 2 saturated carbocycles. The van der Waals surface area contributed by atoms with Gasteiger partial charge in [-0.2, -0.15) is 0 Å². The third kappa shape index (κ3) is 4.09. The normalized spacial score (nSPS) is 19.6. The van der Waals surface area contributed by atoms with Crippen LogP contribution in [0.2, 0.25) is 5.02 Å². The van der Waals surface area contributed by atoms with Crippen molar-refractivity contribution in [2.75, 3.05) is 12.4 Å². The van der Waals surface area contributed by atoms with Gasteiger partial charge in [0.15, 0.2) is 0 Å². The Labute approximate surface area is 153 Å². The van der Waals surface area contributed by atoms with E-state index in [0.29, 0.717) is 29.3 Å². The molecule has 0 aromatic heterocycles. The number of carbonyl (C=O) groups excluding carboxylic acids is 2. The first-order valence-corrected chi connectivity index (χ1v) is 9.39. The van der Waals surface area contributed by atoms with Gasteiger partial charge >= 0.3 is 0 Å². The minimum absolute atomic E-state index is 0.128. The number of halogens is 1. The van der Waals surface area contributed by atoms with Crippen molar-refractivity contribution in [3.63, 3.8) is 0 Å². The molecule has 2 amide bonds. The number of carbonyl (C=O) groups is 2. The number of benzene rings is 1. The smallest absolute Gasteiger partial charge is 0.240 e. The number of anilines is 1. The molecule has 3 rings (SSSR count). The zero-order chi connectivity index (χ0) is 17.9. The second-order valence-corrected chi connectivity index (χ2v) is 7.45. The summed E-state index contributed by atoms with van der Waals surface area (Å²) in [6, 6.07) is 5.26. The first-order valence-electron chi connectivity index (χ1n) is 9.01. The van der Waals surface area contributed by atoms with Gasteiger partial charge in [0, 0.05) is 11.7 Å². The number of nitrogens with one attached hydrogen (secondary N) is 2. The SMILES string of the molecule is COc1ccc(NC(=O)C2(C(=O)NC3CCCCCC3)CC2)cc1Cl. The molecule has 2 aliphatic carbocycles. The lowest BCUT2D eigenvalue weighted by Gasteiger charge is -2.21. The third-order valence-corrected chi connectivity index (χ3v) is 5.51. The molecule has 2 fully saturated rings. The van der Waals surface area contributed by atoms with Crippen molar-refractivity contribution in [2.24, 2.45) is 5.41 Å². The molecular weight excluding hydrogens is 340 g/mol. The van der Waals surface area contributed by atoms with Crippen molar-refractivity contribution in [1.82, 2.24) is 5.32 Å². The lowest BCUT2D eigenvalue weighted by atomic mass is 10.0. The molecule has 1 aromatic carbocycles. The van der Waals surface area contributed by atoms with E-state index in [0.717, 1.165) is 25.7 Å². The fraction of sp³-hybridized carbons (Fsp3) is 0.579. The van der Waals surface area contributed by atoms with E-state index in [4.69, 9.17) is 16.3 Å². The van der Waals surface area contributed by atoms with E-state index in [2.05, 4.69) is 10.6 Å². The van der Waals surface area contributed by atoms with Crippen LogP contribution in [0.1, 0.15) is 51.4 Å². The largest absolute Gasteiger partial charge is 0.495 e. The van der Waals surface area contributed by atoms with Gasteiger partial charge in [0.1, 0.15) is 11.2 Å². The highest BCUT2D eigenvalue weighted by Crippen LogP contribution is 2.47. The van der Waals surface area contributed by atoms with E-state index < -0.39 is 5.41 Å². The molecule has 6 heteroatoms. The van der Waals surface area contributed by atoms with Gasteiger partial charge in [-0.3, -0.25) is 9.59 Å². The van der Waals surface area contributed by atoms with E-state index in [1.165, 1.54) is 20.0 Å². The maximum Gasteiger partial charge on any atom is 0.240 e. The molecule has 0 saturated heterocycles. The number of ether oxygens (including phenoxy) is 1. The standard InChI is InChI=1S/C19H25ClN2O3/c1-25-16-9-8-14(12-15(16)20)22-18(24)19(10-11-19)17(23)21-13-6-4-2-3-5-7-13/h8-9,12-13H,2-7,10-11H2,1H3,(H,21,23)(H,22,24). The van der Waals surface area contributed by atoms with Gasteiger partial charge < -0.3 is 15.4 Å². The molecule has 2 N–H and O–H groups in total. The highest BCUT2D eigenvalue weighted by Gasteiger charge is 2.56. The van der Waals surface area contributed by atoms with Gasteiger partial charge in [-0.25, -0.2) is 0 Å². The average molecular weight is 365 g/mol. The van der Waals surface area contributed by atoms with Gasteiger partial charge in [0.05, 0.1) is 12.1 Å².